The minimum absolute atomic E-state index is 0.0681. The quantitative estimate of drug-likeness (QED) is 0.322. The highest BCUT2D eigenvalue weighted by molar-refractivity contribution is 9.10. The second-order valence-corrected chi connectivity index (χ2v) is 12.0. The number of halogens is 2. The Morgan fingerprint density at radius 3 is 2.77 bits per heavy atom. The summed E-state index contributed by atoms with van der Waals surface area (Å²) >= 11 is 5.65. The predicted molar refractivity (Wildman–Crippen MR) is 154 cm³/mol. The SMILES string of the molecule is COc1ccc(NC(=O)CSc2nnc(N3C(N)=C(C#N)C(c4ccc(Br)cc4F)C4=C3CCCC4=O)s2)cc1. The van der Waals surface area contributed by atoms with Crippen molar-refractivity contribution in [2.24, 2.45) is 5.73 Å². The summed E-state index contributed by atoms with van der Waals surface area (Å²) in [5.74, 6) is -0.987. The Bertz CT molecular complexity index is 1600. The van der Waals surface area contributed by atoms with Crippen molar-refractivity contribution in [2.45, 2.75) is 29.5 Å². The summed E-state index contributed by atoms with van der Waals surface area (Å²) in [6.45, 7) is 0. The van der Waals surface area contributed by atoms with Crippen molar-refractivity contribution in [3.05, 3.63) is 81.0 Å². The molecule has 40 heavy (non-hydrogen) atoms. The van der Waals surface area contributed by atoms with Crippen LogP contribution < -0.4 is 20.7 Å². The molecule has 1 unspecified atom stereocenters. The van der Waals surface area contributed by atoms with Crippen LogP contribution in [0.2, 0.25) is 0 Å². The molecular formula is C27H22BrFN6O3S2. The first-order valence-electron chi connectivity index (χ1n) is 12.1. The van der Waals surface area contributed by atoms with Gasteiger partial charge in [-0.25, -0.2) is 4.39 Å². The van der Waals surface area contributed by atoms with Gasteiger partial charge in [-0.3, -0.25) is 14.5 Å². The minimum Gasteiger partial charge on any atom is -0.497 e. The van der Waals surface area contributed by atoms with Crippen molar-refractivity contribution >= 4 is 61.5 Å². The number of benzene rings is 2. The van der Waals surface area contributed by atoms with E-state index in [1.54, 1.807) is 48.4 Å². The lowest BCUT2D eigenvalue weighted by atomic mass is 9.75. The van der Waals surface area contributed by atoms with Gasteiger partial charge in [0.15, 0.2) is 10.1 Å². The first-order chi connectivity index (χ1) is 19.3. The van der Waals surface area contributed by atoms with Crippen LogP contribution in [0.3, 0.4) is 0 Å². The van der Waals surface area contributed by atoms with Gasteiger partial charge in [0.1, 0.15) is 17.4 Å². The zero-order chi connectivity index (χ0) is 28.4. The van der Waals surface area contributed by atoms with E-state index in [-0.39, 0.29) is 34.4 Å². The standard InChI is InChI=1S/C27H22BrFN6O3S2/c1-38-16-8-6-15(7-9-16)32-22(37)13-39-27-34-33-26(40-27)35-20-3-2-4-21(36)24(20)23(18(12-30)25(35)31)17-10-5-14(28)11-19(17)29/h5-11,23H,2-4,13,31H2,1H3,(H,32,37). The number of hydrogen-bond donors (Lipinski definition) is 2. The molecule has 0 radical (unpaired) electrons. The fourth-order valence-corrected chi connectivity index (χ4v) is 6.72. The van der Waals surface area contributed by atoms with Crippen LogP contribution in [0.5, 0.6) is 5.75 Å². The van der Waals surface area contributed by atoms with Crippen molar-refractivity contribution in [3.63, 3.8) is 0 Å². The number of nitriles is 1. The van der Waals surface area contributed by atoms with Crippen LogP contribution in [0.4, 0.5) is 15.2 Å². The van der Waals surface area contributed by atoms with Gasteiger partial charge in [-0.05, 0) is 49.2 Å². The summed E-state index contributed by atoms with van der Waals surface area (Å²) in [5, 5.41) is 21.7. The van der Waals surface area contributed by atoms with E-state index in [0.29, 0.717) is 55.9 Å². The Hall–Kier alpha value is -3.73. The molecule has 9 nitrogen and oxygen atoms in total. The molecule has 1 aliphatic carbocycles. The molecule has 0 fully saturated rings. The van der Waals surface area contributed by atoms with E-state index < -0.39 is 11.7 Å². The number of carbonyl (C=O) groups is 2. The molecule has 5 rings (SSSR count). The molecule has 0 saturated carbocycles. The van der Waals surface area contributed by atoms with E-state index in [2.05, 4.69) is 37.5 Å². The van der Waals surface area contributed by atoms with Gasteiger partial charge in [0.2, 0.25) is 11.0 Å². The summed E-state index contributed by atoms with van der Waals surface area (Å²) in [5.41, 5.74) is 8.38. The Kier molecular flexibility index (Phi) is 8.20. The summed E-state index contributed by atoms with van der Waals surface area (Å²) in [4.78, 5) is 27.3. The zero-order valence-corrected chi connectivity index (χ0v) is 24.3. The number of carbonyl (C=O) groups excluding carboxylic acids is 2. The molecule has 1 aromatic heterocycles. The van der Waals surface area contributed by atoms with E-state index in [1.807, 2.05) is 0 Å². The monoisotopic (exact) mass is 640 g/mol. The number of rotatable bonds is 7. The smallest absolute Gasteiger partial charge is 0.234 e. The highest BCUT2D eigenvalue weighted by Gasteiger charge is 2.42. The van der Waals surface area contributed by atoms with E-state index in [4.69, 9.17) is 10.5 Å². The van der Waals surface area contributed by atoms with Crippen LogP contribution in [0.1, 0.15) is 30.7 Å². The number of thioether (sulfide) groups is 1. The number of methoxy groups -OCH3 is 1. The Labute approximate surface area is 246 Å². The third-order valence-corrected chi connectivity index (χ3v) is 9.01. The molecule has 2 aliphatic rings. The van der Waals surface area contributed by atoms with Crippen LogP contribution in [0, 0.1) is 17.1 Å². The van der Waals surface area contributed by atoms with Gasteiger partial charge in [-0.2, -0.15) is 5.26 Å². The van der Waals surface area contributed by atoms with Crippen molar-refractivity contribution < 1.29 is 18.7 Å². The number of ether oxygens (including phenoxy) is 1. The number of aromatic nitrogens is 2. The number of nitrogens with one attached hydrogen (secondary N) is 1. The second-order valence-electron chi connectivity index (χ2n) is 8.90. The highest BCUT2D eigenvalue weighted by atomic mass is 79.9. The van der Waals surface area contributed by atoms with Crippen LogP contribution in [-0.4, -0.2) is 34.8 Å². The maximum absolute atomic E-state index is 15.1. The molecule has 1 amide bonds. The summed E-state index contributed by atoms with van der Waals surface area (Å²) in [6, 6.07) is 13.6. The molecular weight excluding hydrogens is 619 g/mol. The van der Waals surface area contributed by atoms with E-state index >= 15 is 4.39 Å². The van der Waals surface area contributed by atoms with Crippen molar-refractivity contribution in [1.29, 1.82) is 5.26 Å². The molecule has 13 heteroatoms. The molecule has 2 aromatic carbocycles. The molecule has 2 heterocycles. The van der Waals surface area contributed by atoms with Crippen molar-refractivity contribution in [2.75, 3.05) is 23.1 Å². The number of hydrogen-bond acceptors (Lipinski definition) is 10. The van der Waals surface area contributed by atoms with Crippen LogP contribution >= 0.6 is 39.0 Å². The fourth-order valence-electron chi connectivity index (χ4n) is 4.70. The third-order valence-electron chi connectivity index (χ3n) is 6.47. The lowest BCUT2D eigenvalue weighted by Gasteiger charge is -2.38. The van der Waals surface area contributed by atoms with E-state index in [1.165, 1.54) is 29.2 Å². The molecule has 1 atom stereocenters. The number of allylic oxidation sites excluding steroid dienone is 3. The molecule has 0 saturated heterocycles. The number of ketones is 1. The topological polar surface area (TPSA) is 134 Å². The summed E-state index contributed by atoms with van der Waals surface area (Å²) < 4.78 is 21.3. The average Bonchev–Trinajstić information content (AvgIpc) is 3.40. The lowest BCUT2D eigenvalue weighted by molar-refractivity contribution is -0.116. The van der Waals surface area contributed by atoms with E-state index in [0.717, 1.165) is 0 Å². The molecule has 204 valence electrons. The number of anilines is 2. The predicted octanol–water partition coefficient (Wildman–Crippen LogP) is 5.48. The Morgan fingerprint density at radius 2 is 2.08 bits per heavy atom. The molecule has 0 spiro atoms. The van der Waals surface area contributed by atoms with Crippen LogP contribution in [0.25, 0.3) is 0 Å². The van der Waals surface area contributed by atoms with E-state index in [9.17, 15) is 14.9 Å². The van der Waals surface area contributed by atoms with Gasteiger partial charge in [-0.15, -0.1) is 10.2 Å². The maximum Gasteiger partial charge on any atom is 0.234 e. The van der Waals surface area contributed by atoms with Crippen LogP contribution in [0.15, 0.2) is 73.9 Å². The minimum atomic E-state index is -0.916. The lowest BCUT2D eigenvalue weighted by Crippen LogP contribution is -2.38. The first kappa shape index (κ1) is 27.8. The number of nitrogens with two attached hydrogens (primary N) is 1. The normalized spacial score (nSPS) is 17.0. The number of amides is 1. The zero-order valence-electron chi connectivity index (χ0n) is 21.1. The molecule has 3 N–H and O–H groups in total. The molecule has 0 bridgehead atoms. The Morgan fingerprint density at radius 1 is 1.30 bits per heavy atom. The van der Waals surface area contributed by atoms with Gasteiger partial charge in [-0.1, -0.05) is 45.1 Å². The molecule has 3 aromatic rings. The molecule has 1 aliphatic heterocycles. The number of nitrogens with zero attached hydrogens (tertiary/aromatic N) is 4. The van der Waals surface area contributed by atoms with Gasteiger partial charge in [0.25, 0.3) is 0 Å². The largest absolute Gasteiger partial charge is 0.497 e. The van der Waals surface area contributed by atoms with Crippen molar-refractivity contribution in [1.82, 2.24) is 10.2 Å². The van der Waals surface area contributed by atoms with Gasteiger partial charge in [0, 0.05) is 33.4 Å². The maximum atomic E-state index is 15.1. The second kappa shape index (κ2) is 11.8. The fraction of sp³-hybridized carbons (Fsp3) is 0.222. The third kappa shape index (κ3) is 5.47. The highest BCUT2D eigenvalue weighted by Crippen LogP contribution is 2.47. The van der Waals surface area contributed by atoms with Gasteiger partial charge >= 0.3 is 0 Å². The number of Topliss-reactive ketones (excluding diaryl/α,β-unsaturated/α-hetero) is 1. The van der Waals surface area contributed by atoms with Crippen molar-refractivity contribution in [3.8, 4) is 11.8 Å². The Balaban J connectivity index is 1.41. The van der Waals surface area contributed by atoms with Gasteiger partial charge < -0.3 is 15.8 Å². The first-order valence-corrected chi connectivity index (χ1v) is 14.7. The van der Waals surface area contributed by atoms with Gasteiger partial charge in [0.05, 0.1) is 30.4 Å². The average molecular weight is 642 g/mol. The van der Waals surface area contributed by atoms with Crippen LogP contribution in [-0.2, 0) is 9.59 Å². The summed E-state index contributed by atoms with van der Waals surface area (Å²) in [7, 11) is 1.57. The summed E-state index contributed by atoms with van der Waals surface area (Å²) in [6.07, 6.45) is 1.38.